The molecule has 2 rings (SSSR count). The molecule has 0 bridgehead atoms. The van der Waals surface area contributed by atoms with Crippen molar-refractivity contribution in [3.05, 3.63) is 47.5 Å². The minimum Gasteiger partial charge on any atom is -0.872 e. The topological polar surface area (TPSA) is 46.1 Å². The van der Waals surface area contributed by atoms with Crippen molar-refractivity contribution in [3.63, 3.8) is 0 Å². The number of unbranched alkanes of at least 4 members (excludes halogenated alkanes) is 18. The van der Waals surface area contributed by atoms with E-state index in [0.717, 1.165) is 46.6 Å². The van der Waals surface area contributed by atoms with Crippen LogP contribution in [0.25, 0.3) is 0 Å². The van der Waals surface area contributed by atoms with Crippen LogP contribution >= 0.6 is 11.8 Å². The van der Waals surface area contributed by atoms with Gasteiger partial charge in [0.15, 0.2) is 0 Å². The Morgan fingerprint density at radius 2 is 0.750 bits per heavy atom. The van der Waals surface area contributed by atoms with E-state index < -0.39 is 0 Å². The maximum absolute atomic E-state index is 12.8. The number of rotatable bonds is 24. The molecule has 0 aromatic heterocycles. The number of hydrogen-bond acceptors (Lipinski definition) is 3. The first-order valence-electron chi connectivity index (χ1n) is 16.4. The van der Waals surface area contributed by atoms with Crippen LogP contribution in [0.3, 0.4) is 0 Å². The van der Waals surface area contributed by atoms with Crippen molar-refractivity contribution in [2.45, 2.75) is 165 Å². The summed E-state index contributed by atoms with van der Waals surface area (Å²) in [5, 5.41) is 25.5. The Hall–Kier alpha value is -0.350. The monoisotopic (exact) mass is 592 g/mol. The second kappa shape index (κ2) is 25.2. The standard InChI is InChI=1S/C36H58O2S.Ca/c1-3-5-7-9-11-13-15-17-19-21-25-31-33(37)27-23-29-35(31)39-36-30-24-28-34(38)32(36)26-22-20-18-16-14-12-10-8-6-4-2;/h23-24,27-30,37-38H,3-22,25-26H2,1-2H3;/q;+2/p-2. The fraction of sp³-hybridized carbons (Fsp3) is 0.667. The molecule has 0 aliphatic heterocycles. The smallest absolute Gasteiger partial charge is 0.872 e. The van der Waals surface area contributed by atoms with Gasteiger partial charge in [-0.2, -0.15) is 0 Å². The molecule has 0 fully saturated rings. The Morgan fingerprint density at radius 1 is 0.450 bits per heavy atom. The predicted octanol–water partition coefficient (Wildman–Crippen LogP) is 10.5. The van der Waals surface area contributed by atoms with E-state index in [1.807, 2.05) is 12.1 Å². The largest absolute Gasteiger partial charge is 2.00 e. The zero-order chi connectivity index (χ0) is 28.0. The molecule has 0 aliphatic carbocycles. The van der Waals surface area contributed by atoms with Gasteiger partial charge in [0.2, 0.25) is 0 Å². The molecule has 0 saturated carbocycles. The van der Waals surface area contributed by atoms with Crippen molar-refractivity contribution < 1.29 is 10.2 Å². The minimum absolute atomic E-state index is 0. The van der Waals surface area contributed by atoms with Crippen molar-refractivity contribution in [1.82, 2.24) is 0 Å². The van der Waals surface area contributed by atoms with Crippen LogP contribution in [0.15, 0.2) is 46.2 Å². The van der Waals surface area contributed by atoms with Gasteiger partial charge in [-0.25, -0.2) is 0 Å². The first-order valence-corrected chi connectivity index (χ1v) is 17.2. The van der Waals surface area contributed by atoms with Crippen LogP contribution in [0.1, 0.15) is 153 Å². The number of benzene rings is 2. The third kappa shape index (κ3) is 16.3. The van der Waals surface area contributed by atoms with E-state index in [-0.39, 0.29) is 49.2 Å². The number of hydrogen-bond donors (Lipinski definition) is 0. The van der Waals surface area contributed by atoms with Gasteiger partial charge in [0.1, 0.15) is 0 Å². The molecule has 0 atom stereocenters. The van der Waals surface area contributed by atoms with Gasteiger partial charge < -0.3 is 10.2 Å². The van der Waals surface area contributed by atoms with Crippen LogP contribution in [-0.4, -0.2) is 37.7 Å². The molecule has 2 nitrogen and oxygen atoms in total. The average molecular weight is 593 g/mol. The normalized spacial score (nSPS) is 11.1. The summed E-state index contributed by atoms with van der Waals surface area (Å²) in [5.74, 6) is 0.288. The summed E-state index contributed by atoms with van der Waals surface area (Å²) < 4.78 is 0. The molecule has 2 aromatic carbocycles. The fourth-order valence-corrected chi connectivity index (χ4v) is 6.65. The second-order valence-corrected chi connectivity index (χ2v) is 12.5. The van der Waals surface area contributed by atoms with E-state index in [2.05, 4.69) is 26.0 Å². The Bertz CT molecular complexity index is 814. The molecule has 2 aromatic rings. The summed E-state index contributed by atoms with van der Waals surface area (Å²) in [6, 6.07) is 11.3. The summed E-state index contributed by atoms with van der Waals surface area (Å²) in [4.78, 5) is 2.07. The van der Waals surface area contributed by atoms with Gasteiger partial charge in [-0.05, 0) is 48.9 Å². The first kappa shape index (κ1) is 37.7. The van der Waals surface area contributed by atoms with Crippen molar-refractivity contribution in [2.75, 3.05) is 0 Å². The molecule has 0 amide bonds. The molecule has 0 spiro atoms. The average Bonchev–Trinajstić information content (AvgIpc) is 2.93. The van der Waals surface area contributed by atoms with Gasteiger partial charge in [0, 0.05) is 9.79 Å². The van der Waals surface area contributed by atoms with Crippen molar-refractivity contribution >= 4 is 49.5 Å². The molecule has 40 heavy (non-hydrogen) atoms. The molecule has 4 heteroatoms. The summed E-state index contributed by atoms with van der Waals surface area (Å²) in [6.45, 7) is 4.53. The van der Waals surface area contributed by atoms with E-state index in [0.29, 0.717) is 0 Å². The third-order valence-electron chi connectivity index (χ3n) is 7.96. The quantitative estimate of drug-likeness (QED) is 0.0899. The van der Waals surface area contributed by atoms with Crippen LogP contribution in [0.5, 0.6) is 11.5 Å². The molecule has 220 valence electrons. The molecular weight excluding hydrogens is 537 g/mol. The van der Waals surface area contributed by atoms with Crippen molar-refractivity contribution in [1.29, 1.82) is 0 Å². The van der Waals surface area contributed by atoms with Gasteiger partial charge in [-0.3, -0.25) is 0 Å². The van der Waals surface area contributed by atoms with E-state index in [4.69, 9.17) is 0 Å². The van der Waals surface area contributed by atoms with Crippen molar-refractivity contribution in [3.8, 4) is 11.5 Å². The molecule has 0 saturated heterocycles. The zero-order valence-electron chi connectivity index (χ0n) is 26.0. The van der Waals surface area contributed by atoms with E-state index >= 15 is 0 Å². The third-order valence-corrected chi connectivity index (χ3v) is 9.17. The molecule has 0 N–H and O–H groups in total. The van der Waals surface area contributed by atoms with Gasteiger partial charge in [0.25, 0.3) is 0 Å². The molecule has 0 radical (unpaired) electrons. The molecule has 0 heterocycles. The van der Waals surface area contributed by atoms with Gasteiger partial charge >= 0.3 is 37.7 Å². The molecule has 0 unspecified atom stereocenters. The molecular formula is C36H56CaO2S. The maximum atomic E-state index is 12.8. The Morgan fingerprint density at radius 3 is 1.07 bits per heavy atom. The SMILES string of the molecule is CCCCCCCCCCCCc1c([O-])cccc1Sc1cccc([O-])c1CCCCCCCCCCCC.[Ca+2]. The Kier molecular flexibility index (Phi) is 23.7. The summed E-state index contributed by atoms with van der Waals surface area (Å²) in [5.41, 5.74) is 1.87. The molecule has 0 aliphatic rings. The predicted molar refractivity (Wildman–Crippen MR) is 173 cm³/mol. The summed E-state index contributed by atoms with van der Waals surface area (Å²) in [7, 11) is 0. The Balaban J connectivity index is 0.00000800. The van der Waals surface area contributed by atoms with Crippen molar-refractivity contribution in [2.24, 2.45) is 0 Å². The van der Waals surface area contributed by atoms with Crippen LogP contribution in [0.2, 0.25) is 0 Å². The van der Waals surface area contributed by atoms with Gasteiger partial charge in [0.05, 0.1) is 0 Å². The maximum Gasteiger partial charge on any atom is 2.00 e. The first-order chi connectivity index (χ1) is 19.2. The van der Waals surface area contributed by atoms with E-state index in [9.17, 15) is 10.2 Å². The Labute approximate surface area is 281 Å². The fourth-order valence-electron chi connectivity index (χ4n) is 5.47. The van der Waals surface area contributed by atoms with Gasteiger partial charge in [-0.15, -0.1) is 11.5 Å². The summed E-state index contributed by atoms with van der Waals surface area (Å²) in [6.07, 6.45) is 27.6. The van der Waals surface area contributed by atoms with Crippen LogP contribution in [-0.2, 0) is 12.8 Å². The van der Waals surface area contributed by atoms with Gasteiger partial charge in [-0.1, -0.05) is 165 Å². The van der Waals surface area contributed by atoms with Crippen LogP contribution in [0, 0.1) is 0 Å². The van der Waals surface area contributed by atoms with E-state index in [1.54, 1.807) is 23.9 Å². The van der Waals surface area contributed by atoms with E-state index in [1.165, 1.54) is 116 Å². The van der Waals surface area contributed by atoms with Crippen LogP contribution < -0.4 is 10.2 Å². The van der Waals surface area contributed by atoms with Crippen LogP contribution in [0.4, 0.5) is 0 Å². The zero-order valence-corrected chi connectivity index (χ0v) is 29.0. The summed E-state index contributed by atoms with van der Waals surface area (Å²) >= 11 is 1.63. The second-order valence-electron chi connectivity index (χ2n) is 11.4. The minimum atomic E-state index is 0.